The molecular formula is C18H13ClIN5O. The standard InChI is InChI=1S/C18H13ClIN5O/c1-11-6-12(24-18-14(20)8-21-10-23-18)2-3-15(11)26-13-4-5-25-16(19)9-22-17(25)7-13/h2-10H,1H3,(H,21,23,24). The number of nitrogens with zero attached hydrogens (tertiary/aromatic N) is 4. The smallest absolute Gasteiger partial charge is 0.147 e. The van der Waals surface area contributed by atoms with Crippen molar-refractivity contribution in [2.45, 2.75) is 6.92 Å². The van der Waals surface area contributed by atoms with Gasteiger partial charge >= 0.3 is 0 Å². The van der Waals surface area contributed by atoms with Crippen molar-refractivity contribution < 1.29 is 4.74 Å². The van der Waals surface area contributed by atoms with Crippen LogP contribution in [0.4, 0.5) is 11.5 Å². The zero-order valence-corrected chi connectivity index (χ0v) is 16.6. The molecule has 6 nitrogen and oxygen atoms in total. The number of rotatable bonds is 4. The number of aryl methyl sites for hydroxylation is 1. The fourth-order valence-electron chi connectivity index (χ4n) is 2.50. The van der Waals surface area contributed by atoms with E-state index in [0.29, 0.717) is 10.9 Å². The van der Waals surface area contributed by atoms with Crippen LogP contribution in [0.3, 0.4) is 0 Å². The highest BCUT2D eigenvalue weighted by Gasteiger charge is 2.07. The summed E-state index contributed by atoms with van der Waals surface area (Å²) in [6.07, 6.45) is 6.73. The van der Waals surface area contributed by atoms with Gasteiger partial charge in [0.1, 0.15) is 34.4 Å². The minimum absolute atomic E-state index is 0.567. The van der Waals surface area contributed by atoms with E-state index in [2.05, 4.69) is 42.9 Å². The number of pyridine rings is 1. The Kier molecular flexibility index (Phi) is 4.64. The summed E-state index contributed by atoms with van der Waals surface area (Å²) in [5, 5.41) is 3.86. The van der Waals surface area contributed by atoms with Crippen molar-refractivity contribution in [3.63, 3.8) is 0 Å². The number of nitrogens with one attached hydrogen (secondary N) is 1. The van der Waals surface area contributed by atoms with Crippen LogP contribution in [0.2, 0.25) is 5.15 Å². The fraction of sp³-hybridized carbons (Fsp3) is 0.0556. The highest BCUT2D eigenvalue weighted by atomic mass is 127. The fourth-order valence-corrected chi connectivity index (χ4v) is 3.13. The Hall–Kier alpha value is -2.39. The van der Waals surface area contributed by atoms with Gasteiger partial charge in [-0.05, 0) is 59.3 Å². The Balaban J connectivity index is 1.56. The van der Waals surface area contributed by atoms with Gasteiger partial charge < -0.3 is 10.1 Å². The largest absolute Gasteiger partial charge is 0.457 e. The van der Waals surface area contributed by atoms with E-state index in [0.717, 1.165) is 32.0 Å². The molecule has 0 radical (unpaired) electrons. The monoisotopic (exact) mass is 477 g/mol. The first-order valence-electron chi connectivity index (χ1n) is 7.74. The molecule has 0 bridgehead atoms. The average Bonchev–Trinajstić information content (AvgIpc) is 3.00. The third kappa shape index (κ3) is 3.45. The second-order valence-corrected chi connectivity index (χ2v) is 7.15. The molecule has 8 heteroatoms. The summed E-state index contributed by atoms with van der Waals surface area (Å²) in [6, 6.07) is 9.59. The first kappa shape index (κ1) is 17.0. The van der Waals surface area contributed by atoms with Crippen LogP contribution >= 0.6 is 34.2 Å². The predicted molar refractivity (Wildman–Crippen MR) is 109 cm³/mol. The van der Waals surface area contributed by atoms with Crippen LogP contribution in [-0.2, 0) is 0 Å². The van der Waals surface area contributed by atoms with Crippen LogP contribution in [0, 0.1) is 10.5 Å². The van der Waals surface area contributed by atoms with E-state index in [1.165, 1.54) is 6.33 Å². The molecule has 0 saturated carbocycles. The summed E-state index contributed by atoms with van der Waals surface area (Å²) < 4.78 is 8.75. The van der Waals surface area contributed by atoms with Crippen molar-refractivity contribution in [2.24, 2.45) is 0 Å². The molecular weight excluding hydrogens is 465 g/mol. The van der Waals surface area contributed by atoms with Gasteiger partial charge in [0.15, 0.2) is 0 Å². The average molecular weight is 478 g/mol. The minimum Gasteiger partial charge on any atom is -0.457 e. The lowest BCUT2D eigenvalue weighted by Crippen LogP contribution is -1.98. The van der Waals surface area contributed by atoms with Gasteiger partial charge in [0.05, 0.1) is 9.77 Å². The van der Waals surface area contributed by atoms with Gasteiger partial charge in [-0.2, -0.15) is 0 Å². The van der Waals surface area contributed by atoms with E-state index < -0.39 is 0 Å². The molecule has 4 rings (SSSR count). The lowest BCUT2D eigenvalue weighted by molar-refractivity contribution is 0.478. The maximum atomic E-state index is 6.05. The van der Waals surface area contributed by atoms with E-state index in [9.17, 15) is 0 Å². The van der Waals surface area contributed by atoms with Gasteiger partial charge in [-0.3, -0.25) is 4.40 Å². The number of hydrogen-bond donors (Lipinski definition) is 1. The summed E-state index contributed by atoms with van der Waals surface area (Å²) >= 11 is 8.25. The summed E-state index contributed by atoms with van der Waals surface area (Å²) in [5.41, 5.74) is 2.67. The van der Waals surface area contributed by atoms with Crippen LogP contribution in [0.1, 0.15) is 5.56 Å². The number of fused-ring (bicyclic) bond motifs is 1. The van der Waals surface area contributed by atoms with E-state index in [4.69, 9.17) is 16.3 Å². The molecule has 0 amide bonds. The molecule has 3 aromatic heterocycles. The number of halogens is 2. The van der Waals surface area contributed by atoms with Crippen LogP contribution in [-0.4, -0.2) is 19.4 Å². The summed E-state index contributed by atoms with van der Waals surface area (Å²) in [4.78, 5) is 12.5. The van der Waals surface area contributed by atoms with Crippen LogP contribution in [0.15, 0.2) is 55.2 Å². The number of ether oxygens (including phenoxy) is 1. The van der Waals surface area contributed by atoms with Crippen molar-refractivity contribution in [2.75, 3.05) is 5.32 Å². The summed E-state index contributed by atoms with van der Waals surface area (Å²) in [6.45, 7) is 2.00. The van der Waals surface area contributed by atoms with E-state index in [-0.39, 0.29) is 0 Å². The zero-order valence-electron chi connectivity index (χ0n) is 13.6. The number of anilines is 2. The molecule has 0 aliphatic heterocycles. The number of aromatic nitrogens is 4. The highest BCUT2D eigenvalue weighted by molar-refractivity contribution is 14.1. The van der Waals surface area contributed by atoms with Crippen molar-refractivity contribution in [3.8, 4) is 11.5 Å². The molecule has 1 N–H and O–H groups in total. The quantitative estimate of drug-likeness (QED) is 0.408. The molecule has 0 unspecified atom stereocenters. The van der Waals surface area contributed by atoms with Gasteiger partial charge in [-0.25, -0.2) is 15.0 Å². The molecule has 1 aromatic carbocycles. The van der Waals surface area contributed by atoms with Gasteiger partial charge in [0.25, 0.3) is 0 Å². The lowest BCUT2D eigenvalue weighted by atomic mass is 10.2. The van der Waals surface area contributed by atoms with E-state index in [1.807, 2.05) is 43.5 Å². The number of imidazole rings is 1. The Labute approximate surface area is 168 Å². The van der Waals surface area contributed by atoms with Crippen molar-refractivity contribution >= 4 is 51.3 Å². The van der Waals surface area contributed by atoms with Gasteiger partial charge in [0.2, 0.25) is 0 Å². The SMILES string of the molecule is Cc1cc(Nc2ncncc2I)ccc1Oc1ccn2c(Cl)cnc2c1. The molecule has 3 heterocycles. The molecule has 0 saturated heterocycles. The van der Waals surface area contributed by atoms with Crippen molar-refractivity contribution in [1.82, 2.24) is 19.4 Å². The number of benzene rings is 1. The first-order valence-corrected chi connectivity index (χ1v) is 9.19. The molecule has 0 atom stereocenters. The molecule has 26 heavy (non-hydrogen) atoms. The molecule has 0 aliphatic rings. The normalized spacial score (nSPS) is 10.9. The van der Waals surface area contributed by atoms with Gasteiger partial charge in [0, 0.05) is 24.1 Å². The molecule has 0 aliphatic carbocycles. The summed E-state index contributed by atoms with van der Waals surface area (Å²) in [7, 11) is 0. The Morgan fingerprint density at radius 1 is 1.15 bits per heavy atom. The summed E-state index contributed by atoms with van der Waals surface area (Å²) in [5.74, 6) is 2.25. The van der Waals surface area contributed by atoms with Gasteiger partial charge in [-0.15, -0.1) is 0 Å². The maximum Gasteiger partial charge on any atom is 0.147 e. The Morgan fingerprint density at radius 2 is 2.04 bits per heavy atom. The van der Waals surface area contributed by atoms with Crippen molar-refractivity contribution in [3.05, 3.63) is 69.5 Å². The van der Waals surface area contributed by atoms with Crippen LogP contribution < -0.4 is 10.1 Å². The first-order chi connectivity index (χ1) is 12.6. The van der Waals surface area contributed by atoms with Crippen LogP contribution in [0.25, 0.3) is 5.65 Å². The van der Waals surface area contributed by atoms with Gasteiger partial charge in [-0.1, -0.05) is 11.6 Å². The second kappa shape index (κ2) is 7.08. The Morgan fingerprint density at radius 3 is 2.85 bits per heavy atom. The van der Waals surface area contributed by atoms with E-state index >= 15 is 0 Å². The lowest BCUT2D eigenvalue weighted by Gasteiger charge is -2.12. The maximum absolute atomic E-state index is 6.05. The molecule has 4 aromatic rings. The second-order valence-electron chi connectivity index (χ2n) is 5.60. The number of hydrogen-bond acceptors (Lipinski definition) is 5. The van der Waals surface area contributed by atoms with E-state index in [1.54, 1.807) is 16.8 Å². The zero-order chi connectivity index (χ0) is 18.1. The van der Waals surface area contributed by atoms with Crippen LogP contribution in [0.5, 0.6) is 11.5 Å². The molecule has 130 valence electrons. The topological polar surface area (TPSA) is 64.3 Å². The third-order valence-electron chi connectivity index (χ3n) is 3.77. The molecule has 0 spiro atoms. The predicted octanol–water partition coefficient (Wildman–Crippen LogP) is 5.23. The minimum atomic E-state index is 0.567. The molecule has 0 fully saturated rings. The Bertz CT molecular complexity index is 1100. The highest BCUT2D eigenvalue weighted by Crippen LogP contribution is 2.29. The third-order valence-corrected chi connectivity index (χ3v) is 4.84. The van der Waals surface area contributed by atoms with Crippen molar-refractivity contribution in [1.29, 1.82) is 0 Å².